The Morgan fingerprint density at radius 2 is 2.14 bits per heavy atom. The fraction of sp³-hybridized carbons (Fsp3) is 0.357. The van der Waals surface area contributed by atoms with Gasteiger partial charge in [0.15, 0.2) is 0 Å². The van der Waals surface area contributed by atoms with Gasteiger partial charge >= 0.3 is 0 Å². The van der Waals surface area contributed by atoms with E-state index in [1.54, 1.807) is 26.4 Å². The van der Waals surface area contributed by atoms with Crippen molar-refractivity contribution in [2.75, 3.05) is 25.6 Å². The highest BCUT2D eigenvalue weighted by Gasteiger charge is 2.07. The van der Waals surface area contributed by atoms with Crippen molar-refractivity contribution in [1.82, 2.24) is 14.8 Å². The molecule has 0 unspecified atom stereocenters. The first-order chi connectivity index (χ1) is 10.6. The van der Waals surface area contributed by atoms with Gasteiger partial charge in [-0.3, -0.25) is 4.79 Å². The van der Waals surface area contributed by atoms with Crippen LogP contribution in [0.3, 0.4) is 0 Å². The highest BCUT2D eigenvalue weighted by molar-refractivity contribution is 6.32. The van der Waals surface area contributed by atoms with Crippen LogP contribution in [0.25, 0.3) is 0 Å². The molecule has 0 amide bonds. The zero-order valence-electron chi connectivity index (χ0n) is 12.4. The Hall–Kier alpha value is -2.12. The molecule has 0 bridgehead atoms. The Balaban J connectivity index is 1.98. The molecule has 0 atom stereocenters. The summed E-state index contributed by atoms with van der Waals surface area (Å²) < 4.78 is 11.5. The maximum atomic E-state index is 11.9. The summed E-state index contributed by atoms with van der Waals surface area (Å²) in [5, 5.41) is 7.13. The summed E-state index contributed by atoms with van der Waals surface area (Å²) in [7, 11) is 3.18. The second kappa shape index (κ2) is 7.77. The molecule has 0 aliphatic heterocycles. The molecule has 7 nitrogen and oxygen atoms in total. The molecule has 0 radical (unpaired) electrons. The SMILES string of the molecule is COCCOc1ccc(CNc2c(Cl)cnn(C)c2=O)cn1. The first-order valence-electron chi connectivity index (χ1n) is 6.64. The van der Waals surface area contributed by atoms with Crippen LogP contribution < -0.4 is 15.6 Å². The van der Waals surface area contributed by atoms with Gasteiger partial charge in [-0.15, -0.1) is 0 Å². The number of nitrogens with zero attached hydrogens (tertiary/aromatic N) is 3. The first kappa shape index (κ1) is 16.3. The summed E-state index contributed by atoms with van der Waals surface area (Å²) in [5.74, 6) is 0.527. The van der Waals surface area contributed by atoms with Crippen molar-refractivity contribution in [2.45, 2.75) is 6.54 Å². The summed E-state index contributed by atoms with van der Waals surface area (Å²) in [6, 6.07) is 3.63. The largest absolute Gasteiger partial charge is 0.475 e. The Labute approximate surface area is 132 Å². The standard InChI is InChI=1S/C14H17ClN4O3/c1-19-14(20)13(11(15)9-18-19)17-8-10-3-4-12(16-7-10)22-6-5-21-2/h3-4,7,9,17H,5-6,8H2,1-2H3. The zero-order chi connectivity index (χ0) is 15.9. The maximum absolute atomic E-state index is 11.9. The number of ether oxygens (including phenoxy) is 2. The van der Waals surface area contributed by atoms with Gasteiger partial charge in [0.05, 0.1) is 17.8 Å². The predicted octanol–water partition coefficient (Wildman–Crippen LogP) is 1.47. The fourth-order valence-corrected chi connectivity index (χ4v) is 1.89. The predicted molar refractivity (Wildman–Crippen MR) is 83.4 cm³/mol. The lowest BCUT2D eigenvalue weighted by Crippen LogP contribution is -2.23. The third-order valence-corrected chi connectivity index (χ3v) is 3.18. The lowest BCUT2D eigenvalue weighted by Gasteiger charge is -2.09. The van der Waals surface area contributed by atoms with Gasteiger partial charge in [-0.25, -0.2) is 9.67 Å². The number of methoxy groups -OCH3 is 1. The number of rotatable bonds is 7. The zero-order valence-corrected chi connectivity index (χ0v) is 13.1. The highest BCUT2D eigenvalue weighted by Crippen LogP contribution is 2.16. The van der Waals surface area contributed by atoms with Crippen LogP contribution in [0.2, 0.25) is 5.02 Å². The van der Waals surface area contributed by atoms with Crippen molar-refractivity contribution < 1.29 is 9.47 Å². The van der Waals surface area contributed by atoms with Crippen LogP contribution in [0.4, 0.5) is 5.69 Å². The molecule has 2 heterocycles. The number of aromatic nitrogens is 3. The number of hydrogen-bond donors (Lipinski definition) is 1. The molecule has 118 valence electrons. The average Bonchev–Trinajstić information content (AvgIpc) is 2.53. The normalized spacial score (nSPS) is 10.5. The summed E-state index contributed by atoms with van der Waals surface area (Å²) >= 11 is 5.98. The molecule has 0 saturated carbocycles. The summed E-state index contributed by atoms with van der Waals surface area (Å²) in [5.41, 5.74) is 0.939. The second-order valence-electron chi connectivity index (χ2n) is 4.50. The van der Waals surface area contributed by atoms with Gasteiger partial charge in [0.2, 0.25) is 5.88 Å². The Morgan fingerprint density at radius 3 is 2.82 bits per heavy atom. The van der Waals surface area contributed by atoms with Gasteiger partial charge in [-0.1, -0.05) is 17.7 Å². The minimum Gasteiger partial charge on any atom is -0.475 e. The van der Waals surface area contributed by atoms with Crippen LogP contribution in [0.5, 0.6) is 5.88 Å². The van der Waals surface area contributed by atoms with E-state index in [1.807, 2.05) is 6.07 Å². The third-order valence-electron chi connectivity index (χ3n) is 2.90. The summed E-state index contributed by atoms with van der Waals surface area (Å²) in [6.45, 7) is 1.38. The topological polar surface area (TPSA) is 78.3 Å². The van der Waals surface area contributed by atoms with E-state index in [1.165, 1.54) is 10.9 Å². The van der Waals surface area contributed by atoms with E-state index in [2.05, 4.69) is 15.4 Å². The maximum Gasteiger partial charge on any atom is 0.291 e. The van der Waals surface area contributed by atoms with Gasteiger partial charge in [-0.05, 0) is 5.56 Å². The fourth-order valence-electron chi connectivity index (χ4n) is 1.70. The van der Waals surface area contributed by atoms with E-state index in [9.17, 15) is 4.79 Å². The van der Waals surface area contributed by atoms with Crippen LogP contribution in [0.1, 0.15) is 5.56 Å². The van der Waals surface area contributed by atoms with Crippen molar-refractivity contribution in [1.29, 1.82) is 0 Å². The van der Waals surface area contributed by atoms with Crippen LogP contribution in [0.15, 0.2) is 29.3 Å². The molecule has 2 aromatic heterocycles. The van der Waals surface area contributed by atoms with E-state index in [0.717, 1.165) is 5.56 Å². The molecule has 0 aliphatic rings. The number of nitrogens with one attached hydrogen (secondary N) is 1. The van der Waals surface area contributed by atoms with Crippen molar-refractivity contribution >= 4 is 17.3 Å². The number of halogens is 1. The quantitative estimate of drug-likeness (QED) is 0.777. The highest BCUT2D eigenvalue weighted by atomic mass is 35.5. The molecule has 8 heteroatoms. The van der Waals surface area contributed by atoms with Crippen molar-refractivity contribution in [3.05, 3.63) is 45.5 Å². The minimum atomic E-state index is -0.278. The van der Waals surface area contributed by atoms with E-state index in [4.69, 9.17) is 21.1 Å². The average molecular weight is 325 g/mol. The first-order valence-corrected chi connectivity index (χ1v) is 7.02. The van der Waals surface area contributed by atoms with E-state index in [0.29, 0.717) is 31.3 Å². The van der Waals surface area contributed by atoms with Crippen LogP contribution in [0, 0.1) is 0 Å². The smallest absolute Gasteiger partial charge is 0.291 e. The van der Waals surface area contributed by atoms with Gasteiger partial charge in [0, 0.05) is 33.0 Å². The molecule has 0 aliphatic carbocycles. The van der Waals surface area contributed by atoms with Crippen LogP contribution in [-0.4, -0.2) is 35.1 Å². The molecule has 22 heavy (non-hydrogen) atoms. The molecule has 1 N–H and O–H groups in total. The molecule has 0 saturated heterocycles. The van der Waals surface area contributed by atoms with Crippen LogP contribution >= 0.6 is 11.6 Å². The molecule has 0 spiro atoms. The van der Waals surface area contributed by atoms with Crippen LogP contribution in [-0.2, 0) is 18.3 Å². The second-order valence-corrected chi connectivity index (χ2v) is 4.90. The Bertz CT molecular complexity index is 673. The number of hydrogen-bond acceptors (Lipinski definition) is 6. The molecule has 2 aromatic rings. The Morgan fingerprint density at radius 1 is 1.32 bits per heavy atom. The Kier molecular flexibility index (Phi) is 5.74. The van der Waals surface area contributed by atoms with Gasteiger partial charge in [0.25, 0.3) is 5.56 Å². The molecular weight excluding hydrogens is 308 g/mol. The van der Waals surface area contributed by atoms with Crippen molar-refractivity contribution in [3.63, 3.8) is 0 Å². The molecule has 0 fully saturated rings. The van der Waals surface area contributed by atoms with Crippen molar-refractivity contribution in [3.8, 4) is 5.88 Å². The molecular formula is C14H17ClN4O3. The number of aryl methyl sites for hydroxylation is 1. The summed E-state index contributed by atoms with van der Waals surface area (Å²) in [6.07, 6.45) is 3.10. The minimum absolute atomic E-state index is 0.278. The van der Waals surface area contributed by atoms with Gasteiger partial charge in [-0.2, -0.15) is 5.10 Å². The lowest BCUT2D eigenvalue weighted by molar-refractivity contribution is 0.143. The lowest BCUT2D eigenvalue weighted by atomic mass is 10.3. The summed E-state index contributed by atoms with van der Waals surface area (Å²) in [4.78, 5) is 16.1. The number of pyridine rings is 1. The third kappa shape index (κ3) is 4.19. The van der Waals surface area contributed by atoms with Gasteiger partial charge < -0.3 is 14.8 Å². The van der Waals surface area contributed by atoms with E-state index < -0.39 is 0 Å². The van der Waals surface area contributed by atoms with Crippen molar-refractivity contribution in [2.24, 2.45) is 7.05 Å². The molecule has 0 aromatic carbocycles. The number of anilines is 1. The van der Waals surface area contributed by atoms with E-state index >= 15 is 0 Å². The molecule has 2 rings (SSSR count). The van der Waals surface area contributed by atoms with E-state index in [-0.39, 0.29) is 10.6 Å². The monoisotopic (exact) mass is 324 g/mol. The van der Waals surface area contributed by atoms with Gasteiger partial charge in [0.1, 0.15) is 12.3 Å².